The zero-order valence-electron chi connectivity index (χ0n) is 11.3. The third kappa shape index (κ3) is 3.88. The summed E-state index contributed by atoms with van der Waals surface area (Å²) in [5.41, 5.74) is 0.714. The van der Waals surface area contributed by atoms with Crippen molar-refractivity contribution in [2.75, 3.05) is 7.11 Å². The zero-order chi connectivity index (χ0) is 15.4. The van der Waals surface area contributed by atoms with E-state index in [4.69, 9.17) is 4.74 Å². The lowest BCUT2D eigenvalue weighted by atomic mass is 10.0. The van der Waals surface area contributed by atoms with Crippen LogP contribution in [0.2, 0.25) is 0 Å². The molecule has 0 heterocycles. The Morgan fingerprint density at radius 1 is 1.14 bits per heavy atom. The molecular formula is C16H13BrF2O2. The third-order valence-corrected chi connectivity index (χ3v) is 3.72. The van der Waals surface area contributed by atoms with Crippen LogP contribution in [0.3, 0.4) is 0 Å². The van der Waals surface area contributed by atoms with E-state index in [9.17, 15) is 13.6 Å². The van der Waals surface area contributed by atoms with Crippen LogP contribution in [-0.4, -0.2) is 12.9 Å². The number of hydrogen-bond donors (Lipinski definition) is 0. The second-order valence-corrected chi connectivity index (χ2v) is 5.37. The van der Waals surface area contributed by atoms with Gasteiger partial charge in [-0.3, -0.25) is 4.79 Å². The lowest BCUT2D eigenvalue weighted by Gasteiger charge is -2.05. The lowest BCUT2D eigenvalue weighted by molar-refractivity contribution is 0.0978. The van der Waals surface area contributed by atoms with Gasteiger partial charge >= 0.3 is 0 Å². The van der Waals surface area contributed by atoms with Gasteiger partial charge in [-0.2, -0.15) is 0 Å². The van der Waals surface area contributed by atoms with Crippen LogP contribution in [-0.2, 0) is 6.42 Å². The Labute approximate surface area is 129 Å². The summed E-state index contributed by atoms with van der Waals surface area (Å²) in [6.07, 6.45) is 0.574. The molecule has 0 saturated heterocycles. The van der Waals surface area contributed by atoms with Gasteiger partial charge in [0.1, 0.15) is 17.4 Å². The molecule has 0 aliphatic carbocycles. The number of ether oxygens (including phenoxy) is 1. The molecule has 0 saturated carbocycles. The number of aryl methyl sites for hydroxylation is 1. The van der Waals surface area contributed by atoms with Gasteiger partial charge in [-0.25, -0.2) is 8.78 Å². The van der Waals surface area contributed by atoms with E-state index in [1.54, 1.807) is 19.2 Å². The average Bonchev–Trinajstić information content (AvgIpc) is 2.49. The number of carbonyl (C=O) groups excluding carboxylic acids is 1. The van der Waals surface area contributed by atoms with Crippen LogP contribution in [0.5, 0.6) is 5.75 Å². The predicted octanol–water partition coefficient (Wildman–Crippen LogP) is 4.55. The smallest absolute Gasteiger partial charge is 0.166 e. The molecule has 2 aromatic carbocycles. The maximum Gasteiger partial charge on any atom is 0.166 e. The first-order valence-corrected chi connectivity index (χ1v) is 7.11. The van der Waals surface area contributed by atoms with Gasteiger partial charge in [0.05, 0.1) is 17.1 Å². The fourth-order valence-corrected chi connectivity index (χ4v) is 2.24. The zero-order valence-corrected chi connectivity index (χ0v) is 12.9. The molecule has 0 radical (unpaired) electrons. The van der Waals surface area contributed by atoms with Crippen molar-refractivity contribution in [3.63, 3.8) is 0 Å². The molecule has 0 bridgehead atoms. The molecule has 0 unspecified atom stereocenters. The molecule has 2 nitrogen and oxygen atoms in total. The van der Waals surface area contributed by atoms with E-state index in [-0.39, 0.29) is 16.5 Å². The van der Waals surface area contributed by atoms with Crippen molar-refractivity contribution in [1.29, 1.82) is 0 Å². The van der Waals surface area contributed by atoms with Gasteiger partial charge in [-0.15, -0.1) is 0 Å². The highest BCUT2D eigenvalue weighted by atomic mass is 79.9. The van der Waals surface area contributed by atoms with Gasteiger partial charge in [0.15, 0.2) is 5.78 Å². The minimum atomic E-state index is -0.719. The average molecular weight is 355 g/mol. The van der Waals surface area contributed by atoms with E-state index in [1.165, 1.54) is 0 Å². The van der Waals surface area contributed by atoms with Crippen molar-refractivity contribution in [2.45, 2.75) is 12.8 Å². The molecule has 5 heteroatoms. The number of ketones is 1. The van der Waals surface area contributed by atoms with Crippen LogP contribution in [0, 0.1) is 11.6 Å². The molecule has 0 aliphatic rings. The molecule has 2 rings (SSSR count). The van der Waals surface area contributed by atoms with E-state index in [1.807, 2.05) is 12.1 Å². The number of halogens is 3. The largest absolute Gasteiger partial charge is 0.497 e. The van der Waals surface area contributed by atoms with Crippen molar-refractivity contribution in [3.05, 3.63) is 63.6 Å². The highest BCUT2D eigenvalue weighted by molar-refractivity contribution is 9.10. The van der Waals surface area contributed by atoms with Crippen LogP contribution >= 0.6 is 15.9 Å². The standard InChI is InChI=1S/C16H13BrF2O2/c1-21-11-5-2-10(3-6-11)4-7-16(20)12-8-15(19)13(17)9-14(12)18/h2-3,5-6,8-9H,4,7H2,1H3. The molecule has 0 aromatic heterocycles. The molecule has 110 valence electrons. The van der Waals surface area contributed by atoms with Gasteiger partial charge in [0.2, 0.25) is 0 Å². The monoisotopic (exact) mass is 354 g/mol. The maximum absolute atomic E-state index is 13.7. The lowest BCUT2D eigenvalue weighted by Crippen LogP contribution is -2.05. The van der Waals surface area contributed by atoms with Crippen LogP contribution in [0.15, 0.2) is 40.9 Å². The Morgan fingerprint density at radius 2 is 1.81 bits per heavy atom. The van der Waals surface area contributed by atoms with Gasteiger partial charge < -0.3 is 4.74 Å². The van der Waals surface area contributed by atoms with Gasteiger partial charge in [0.25, 0.3) is 0 Å². The Morgan fingerprint density at radius 3 is 2.43 bits per heavy atom. The summed E-state index contributed by atoms with van der Waals surface area (Å²) in [7, 11) is 1.57. The molecule has 2 aromatic rings. The van der Waals surface area contributed by atoms with Crippen molar-refractivity contribution >= 4 is 21.7 Å². The summed E-state index contributed by atoms with van der Waals surface area (Å²) >= 11 is 2.88. The maximum atomic E-state index is 13.7. The third-order valence-electron chi connectivity index (χ3n) is 3.11. The SMILES string of the molecule is COc1ccc(CCC(=O)c2cc(F)c(Br)cc2F)cc1. The first kappa shape index (κ1) is 15.6. The van der Waals surface area contributed by atoms with E-state index in [0.29, 0.717) is 6.42 Å². The molecule has 0 spiro atoms. The first-order valence-electron chi connectivity index (χ1n) is 6.32. The van der Waals surface area contributed by atoms with Crippen molar-refractivity contribution < 1.29 is 18.3 Å². The molecular weight excluding hydrogens is 342 g/mol. The highest BCUT2D eigenvalue weighted by Crippen LogP contribution is 2.21. The minimum absolute atomic E-state index is 0.00621. The van der Waals surface area contributed by atoms with Crippen molar-refractivity contribution in [2.24, 2.45) is 0 Å². The van der Waals surface area contributed by atoms with Crippen LogP contribution < -0.4 is 4.74 Å². The van der Waals surface area contributed by atoms with Gasteiger partial charge in [0, 0.05) is 6.42 Å². The molecule has 0 N–H and O–H groups in total. The summed E-state index contributed by atoms with van der Waals surface area (Å²) in [6, 6.07) is 9.15. The van der Waals surface area contributed by atoms with Crippen molar-refractivity contribution in [3.8, 4) is 5.75 Å². The quantitative estimate of drug-likeness (QED) is 0.581. The summed E-state index contributed by atoms with van der Waals surface area (Å²) < 4.78 is 32.1. The van der Waals surface area contributed by atoms with Crippen LogP contribution in [0.1, 0.15) is 22.3 Å². The molecule has 0 amide bonds. The normalized spacial score (nSPS) is 10.5. The fourth-order valence-electron chi connectivity index (χ4n) is 1.92. The van der Waals surface area contributed by atoms with E-state index in [0.717, 1.165) is 23.4 Å². The minimum Gasteiger partial charge on any atom is -0.497 e. The van der Waals surface area contributed by atoms with Gasteiger partial charge in [-0.1, -0.05) is 12.1 Å². The second kappa shape index (κ2) is 6.80. The molecule has 0 fully saturated rings. The topological polar surface area (TPSA) is 26.3 Å². The number of methoxy groups -OCH3 is 1. The van der Waals surface area contributed by atoms with Crippen LogP contribution in [0.25, 0.3) is 0 Å². The number of rotatable bonds is 5. The van der Waals surface area contributed by atoms with E-state index >= 15 is 0 Å². The molecule has 0 aliphatic heterocycles. The highest BCUT2D eigenvalue weighted by Gasteiger charge is 2.15. The summed E-state index contributed by atoms with van der Waals surface area (Å²) in [4.78, 5) is 12.0. The Bertz CT molecular complexity index is 654. The summed E-state index contributed by atoms with van der Waals surface area (Å²) in [6.45, 7) is 0. The number of benzene rings is 2. The van der Waals surface area contributed by atoms with E-state index in [2.05, 4.69) is 15.9 Å². The number of Topliss-reactive ketones (excluding diaryl/α,β-unsaturated/α-hetero) is 1. The predicted molar refractivity (Wildman–Crippen MR) is 79.7 cm³/mol. The summed E-state index contributed by atoms with van der Waals surface area (Å²) in [5, 5.41) is 0. The Hall–Kier alpha value is -1.75. The molecule has 0 atom stereocenters. The number of carbonyl (C=O) groups is 1. The molecule has 21 heavy (non-hydrogen) atoms. The van der Waals surface area contributed by atoms with Crippen molar-refractivity contribution in [1.82, 2.24) is 0 Å². The second-order valence-electron chi connectivity index (χ2n) is 4.52. The number of hydrogen-bond acceptors (Lipinski definition) is 2. The summed E-state index contributed by atoms with van der Waals surface area (Å²) in [5.74, 6) is -1.06. The first-order chi connectivity index (χ1) is 10.0. The van der Waals surface area contributed by atoms with E-state index < -0.39 is 17.4 Å². The fraction of sp³-hybridized carbons (Fsp3) is 0.188. The Balaban J connectivity index is 2.06. The Kier molecular flexibility index (Phi) is 5.07. The van der Waals surface area contributed by atoms with Gasteiger partial charge in [-0.05, 0) is 52.2 Å². The van der Waals surface area contributed by atoms with Crippen LogP contribution in [0.4, 0.5) is 8.78 Å².